The predicted molar refractivity (Wildman–Crippen MR) is 87.7 cm³/mol. The fourth-order valence-electron chi connectivity index (χ4n) is 2.82. The molecule has 4 nitrogen and oxygen atoms in total. The summed E-state index contributed by atoms with van der Waals surface area (Å²) in [5.41, 5.74) is 5.20. The molecule has 0 aliphatic carbocycles. The number of aryl methyl sites for hydroxylation is 1. The van der Waals surface area contributed by atoms with Crippen LogP contribution in [0.1, 0.15) is 5.56 Å². The highest BCUT2D eigenvalue weighted by Gasteiger charge is 2.11. The lowest BCUT2D eigenvalue weighted by Crippen LogP contribution is -1.96. The lowest BCUT2D eigenvalue weighted by atomic mass is 10.1. The van der Waals surface area contributed by atoms with Crippen molar-refractivity contribution in [3.05, 3.63) is 60.6 Å². The average molecular weight is 289 g/mol. The molecule has 0 unspecified atom stereocenters. The highest BCUT2D eigenvalue weighted by molar-refractivity contribution is 6.03. The van der Waals surface area contributed by atoms with E-state index in [1.807, 2.05) is 42.9 Å². The van der Waals surface area contributed by atoms with Crippen LogP contribution in [0.4, 0.5) is 0 Å². The van der Waals surface area contributed by atoms with Gasteiger partial charge in [-0.2, -0.15) is 0 Å². The number of hydrogen-bond donors (Lipinski definition) is 0. The summed E-state index contributed by atoms with van der Waals surface area (Å²) in [6.07, 6.45) is 3.67. The van der Waals surface area contributed by atoms with Crippen molar-refractivity contribution in [2.45, 2.75) is 6.92 Å². The second-order valence-corrected chi connectivity index (χ2v) is 5.28. The average Bonchev–Trinajstić information content (AvgIpc) is 2.99. The second-order valence-electron chi connectivity index (χ2n) is 5.28. The number of aromatic nitrogens is 3. The molecule has 4 heteroatoms. The highest BCUT2D eigenvalue weighted by Crippen LogP contribution is 2.29. The minimum Gasteiger partial charge on any atom is -0.497 e. The van der Waals surface area contributed by atoms with Crippen LogP contribution in [0.15, 0.2) is 55.0 Å². The van der Waals surface area contributed by atoms with E-state index in [4.69, 9.17) is 4.74 Å². The number of benzene rings is 2. The maximum atomic E-state index is 5.36. The zero-order chi connectivity index (χ0) is 15.1. The van der Waals surface area contributed by atoms with E-state index in [2.05, 4.69) is 33.6 Å². The number of hydrogen-bond acceptors (Lipinski definition) is 3. The Morgan fingerprint density at radius 2 is 1.86 bits per heavy atom. The molecule has 2 heterocycles. The van der Waals surface area contributed by atoms with Crippen LogP contribution in [0, 0.1) is 6.92 Å². The van der Waals surface area contributed by atoms with Crippen molar-refractivity contribution >= 4 is 21.9 Å². The fourth-order valence-corrected chi connectivity index (χ4v) is 2.82. The maximum absolute atomic E-state index is 5.36. The molecule has 22 heavy (non-hydrogen) atoms. The van der Waals surface area contributed by atoms with Crippen molar-refractivity contribution in [2.75, 3.05) is 7.11 Å². The van der Waals surface area contributed by atoms with Crippen LogP contribution in [0.3, 0.4) is 0 Å². The molecule has 2 aromatic heterocycles. The standard InChI is InChI=1S/C18H15N3O/c1-12-5-3-4-6-17(12)21-11-20-16-10-19-15-8-7-13(22-2)9-14(15)18(16)21/h3-11H,1-2H3. The summed E-state index contributed by atoms with van der Waals surface area (Å²) in [7, 11) is 1.67. The van der Waals surface area contributed by atoms with E-state index in [0.717, 1.165) is 33.4 Å². The molecule has 0 saturated carbocycles. The van der Waals surface area contributed by atoms with Gasteiger partial charge in [-0.1, -0.05) is 18.2 Å². The van der Waals surface area contributed by atoms with E-state index < -0.39 is 0 Å². The first-order valence-electron chi connectivity index (χ1n) is 7.14. The summed E-state index contributed by atoms with van der Waals surface area (Å²) in [4.78, 5) is 8.98. The molecule has 0 bridgehead atoms. The Morgan fingerprint density at radius 1 is 1.00 bits per heavy atom. The third-order valence-corrected chi connectivity index (χ3v) is 3.96. The van der Waals surface area contributed by atoms with Crippen LogP contribution >= 0.6 is 0 Å². The summed E-state index contributed by atoms with van der Waals surface area (Å²) < 4.78 is 7.48. The molecular formula is C18H15N3O. The van der Waals surface area contributed by atoms with Gasteiger partial charge in [0.15, 0.2) is 0 Å². The number of imidazole rings is 1. The number of fused-ring (bicyclic) bond motifs is 3. The molecule has 2 aromatic carbocycles. The van der Waals surface area contributed by atoms with Gasteiger partial charge in [-0.15, -0.1) is 0 Å². The van der Waals surface area contributed by atoms with E-state index in [1.165, 1.54) is 5.56 Å². The van der Waals surface area contributed by atoms with Crippen molar-refractivity contribution < 1.29 is 4.74 Å². The summed E-state index contributed by atoms with van der Waals surface area (Å²) in [6.45, 7) is 2.10. The smallest absolute Gasteiger partial charge is 0.119 e. The first kappa shape index (κ1) is 12.8. The molecule has 4 aromatic rings. The second kappa shape index (κ2) is 4.84. The topological polar surface area (TPSA) is 39.9 Å². The van der Waals surface area contributed by atoms with E-state index >= 15 is 0 Å². The van der Waals surface area contributed by atoms with Crippen molar-refractivity contribution in [1.29, 1.82) is 0 Å². The first-order chi connectivity index (χ1) is 10.8. The molecule has 0 radical (unpaired) electrons. The third kappa shape index (κ3) is 1.84. The quantitative estimate of drug-likeness (QED) is 0.562. The number of pyridine rings is 1. The molecule has 0 atom stereocenters. The molecule has 0 fully saturated rings. The van der Waals surface area contributed by atoms with Gasteiger partial charge in [-0.05, 0) is 36.8 Å². The Kier molecular flexibility index (Phi) is 2.82. The monoisotopic (exact) mass is 289 g/mol. The van der Waals surface area contributed by atoms with E-state index in [9.17, 15) is 0 Å². The summed E-state index contributed by atoms with van der Waals surface area (Å²) >= 11 is 0. The third-order valence-electron chi connectivity index (χ3n) is 3.96. The van der Waals surface area contributed by atoms with E-state index in [0.29, 0.717) is 0 Å². The number of rotatable bonds is 2. The molecule has 4 rings (SSSR count). The highest BCUT2D eigenvalue weighted by atomic mass is 16.5. The normalized spacial score (nSPS) is 11.2. The van der Waals surface area contributed by atoms with Crippen molar-refractivity contribution in [3.63, 3.8) is 0 Å². The van der Waals surface area contributed by atoms with Crippen LogP contribution < -0.4 is 4.74 Å². The number of nitrogens with zero attached hydrogens (tertiary/aromatic N) is 3. The largest absolute Gasteiger partial charge is 0.497 e. The van der Waals surface area contributed by atoms with Crippen LogP contribution in [0.5, 0.6) is 5.75 Å². The van der Waals surface area contributed by atoms with Gasteiger partial charge in [0, 0.05) is 5.39 Å². The lowest BCUT2D eigenvalue weighted by Gasteiger charge is -2.10. The van der Waals surface area contributed by atoms with Gasteiger partial charge in [-0.3, -0.25) is 9.55 Å². The maximum Gasteiger partial charge on any atom is 0.119 e. The first-order valence-corrected chi connectivity index (χ1v) is 7.14. The lowest BCUT2D eigenvalue weighted by molar-refractivity contribution is 0.415. The SMILES string of the molecule is COc1ccc2ncc3ncn(-c4ccccc4C)c3c2c1. The van der Waals surface area contributed by atoms with Gasteiger partial charge in [0.25, 0.3) is 0 Å². The number of ether oxygens (including phenoxy) is 1. The van der Waals surface area contributed by atoms with Crippen LogP contribution in [0.2, 0.25) is 0 Å². The molecular weight excluding hydrogens is 274 g/mol. The Morgan fingerprint density at radius 3 is 2.68 bits per heavy atom. The van der Waals surface area contributed by atoms with Crippen molar-refractivity contribution in [2.24, 2.45) is 0 Å². The van der Waals surface area contributed by atoms with Gasteiger partial charge in [0.1, 0.15) is 17.6 Å². The van der Waals surface area contributed by atoms with Crippen LogP contribution in [0.25, 0.3) is 27.6 Å². The molecule has 0 spiro atoms. The number of methoxy groups -OCH3 is 1. The Bertz CT molecular complexity index is 988. The summed E-state index contributed by atoms with van der Waals surface area (Å²) in [6, 6.07) is 14.2. The van der Waals surface area contributed by atoms with Crippen molar-refractivity contribution in [3.8, 4) is 11.4 Å². The van der Waals surface area contributed by atoms with Gasteiger partial charge in [-0.25, -0.2) is 4.98 Å². The minimum atomic E-state index is 0.819. The van der Waals surface area contributed by atoms with Gasteiger partial charge >= 0.3 is 0 Å². The van der Waals surface area contributed by atoms with E-state index in [1.54, 1.807) is 7.11 Å². The Hall–Kier alpha value is -2.88. The van der Waals surface area contributed by atoms with Crippen molar-refractivity contribution in [1.82, 2.24) is 14.5 Å². The van der Waals surface area contributed by atoms with Crippen LogP contribution in [-0.2, 0) is 0 Å². The number of para-hydroxylation sites is 1. The Balaban J connectivity index is 2.12. The van der Waals surface area contributed by atoms with Gasteiger partial charge in [0.05, 0.1) is 30.0 Å². The predicted octanol–water partition coefficient (Wildman–Crippen LogP) is 3.89. The molecule has 0 aliphatic rings. The molecule has 0 amide bonds. The van der Waals surface area contributed by atoms with Gasteiger partial charge < -0.3 is 4.74 Å². The molecule has 0 N–H and O–H groups in total. The minimum absolute atomic E-state index is 0.819. The van der Waals surface area contributed by atoms with E-state index in [-0.39, 0.29) is 0 Å². The van der Waals surface area contributed by atoms with Crippen LogP contribution in [-0.4, -0.2) is 21.6 Å². The molecule has 0 aliphatic heterocycles. The zero-order valence-electron chi connectivity index (χ0n) is 12.4. The fraction of sp³-hybridized carbons (Fsp3) is 0.111. The summed E-state index contributed by atoms with van der Waals surface area (Å²) in [5, 5.41) is 1.04. The zero-order valence-corrected chi connectivity index (χ0v) is 12.4. The Labute approximate surface area is 128 Å². The molecule has 108 valence electrons. The molecule has 0 saturated heterocycles. The van der Waals surface area contributed by atoms with Gasteiger partial charge in [0.2, 0.25) is 0 Å². The summed E-state index contributed by atoms with van der Waals surface area (Å²) in [5.74, 6) is 0.819.